The molecule has 3 aromatic rings. The standard InChI is InChI=1S/C18H19NO3/c1-21-17-9-5-8-14-10-15(22-18(14)17)11-19-12-16(20)13-6-3-2-4-7-13/h2-10,16,19-20H,11-12H2,1H3/t16-/m0/s1. The highest BCUT2D eigenvalue weighted by Crippen LogP contribution is 2.28. The van der Waals surface area contributed by atoms with Crippen molar-refractivity contribution in [1.29, 1.82) is 0 Å². The van der Waals surface area contributed by atoms with E-state index < -0.39 is 6.10 Å². The van der Waals surface area contributed by atoms with Crippen LogP contribution in [0.4, 0.5) is 0 Å². The van der Waals surface area contributed by atoms with Gasteiger partial charge in [-0.3, -0.25) is 0 Å². The Labute approximate surface area is 129 Å². The first-order valence-electron chi connectivity index (χ1n) is 7.27. The van der Waals surface area contributed by atoms with E-state index in [2.05, 4.69) is 5.32 Å². The quantitative estimate of drug-likeness (QED) is 0.733. The van der Waals surface area contributed by atoms with Crippen LogP contribution in [0.15, 0.2) is 59.0 Å². The van der Waals surface area contributed by atoms with Gasteiger partial charge in [-0.2, -0.15) is 0 Å². The van der Waals surface area contributed by atoms with Crippen molar-refractivity contribution in [2.24, 2.45) is 0 Å². The Morgan fingerprint density at radius 1 is 1.14 bits per heavy atom. The molecule has 0 saturated carbocycles. The second kappa shape index (κ2) is 6.64. The molecule has 0 aliphatic heterocycles. The van der Waals surface area contributed by atoms with Crippen LogP contribution < -0.4 is 10.1 Å². The zero-order chi connectivity index (χ0) is 15.4. The monoisotopic (exact) mass is 297 g/mol. The SMILES string of the molecule is COc1cccc2cc(CNC[C@H](O)c3ccccc3)oc12. The fourth-order valence-corrected chi connectivity index (χ4v) is 2.46. The summed E-state index contributed by atoms with van der Waals surface area (Å²) in [7, 11) is 1.63. The van der Waals surface area contributed by atoms with Crippen molar-refractivity contribution in [3.8, 4) is 5.75 Å². The van der Waals surface area contributed by atoms with Crippen LogP contribution in [0, 0.1) is 0 Å². The molecule has 2 aromatic carbocycles. The van der Waals surface area contributed by atoms with Gasteiger partial charge < -0.3 is 19.6 Å². The number of hydrogen-bond acceptors (Lipinski definition) is 4. The maximum Gasteiger partial charge on any atom is 0.176 e. The summed E-state index contributed by atoms with van der Waals surface area (Å²) >= 11 is 0. The number of methoxy groups -OCH3 is 1. The molecule has 0 unspecified atom stereocenters. The first-order chi connectivity index (χ1) is 10.8. The van der Waals surface area contributed by atoms with Gasteiger partial charge in [-0.1, -0.05) is 42.5 Å². The number of para-hydroxylation sites is 1. The fourth-order valence-electron chi connectivity index (χ4n) is 2.46. The molecule has 0 fully saturated rings. The Kier molecular flexibility index (Phi) is 4.42. The maximum atomic E-state index is 10.1. The van der Waals surface area contributed by atoms with Crippen LogP contribution in [0.5, 0.6) is 5.75 Å². The summed E-state index contributed by atoms with van der Waals surface area (Å²) < 4.78 is 11.1. The Morgan fingerprint density at radius 3 is 2.73 bits per heavy atom. The molecular formula is C18H19NO3. The third-order valence-corrected chi connectivity index (χ3v) is 3.60. The number of benzene rings is 2. The van der Waals surface area contributed by atoms with E-state index in [0.717, 1.165) is 28.0 Å². The normalized spacial score (nSPS) is 12.5. The zero-order valence-electron chi connectivity index (χ0n) is 12.5. The highest BCUT2D eigenvalue weighted by atomic mass is 16.5. The van der Waals surface area contributed by atoms with Gasteiger partial charge in [-0.15, -0.1) is 0 Å². The summed E-state index contributed by atoms with van der Waals surface area (Å²) in [5, 5.41) is 14.3. The number of ether oxygens (including phenoxy) is 1. The molecule has 4 heteroatoms. The highest BCUT2D eigenvalue weighted by Gasteiger charge is 2.10. The van der Waals surface area contributed by atoms with E-state index in [1.165, 1.54) is 0 Å². The third-order valence-electron chi connectivity index (χ3n) is 3.60. The molecule has 22 heavy (non-hydrogen) atoms. The van der Waals surface area contributed by atoms with Crippen molar-refractivity contribution in [3.63, 3.8) is 0 Å². The van der Waals surface area contributed by atoms with Gasteiger partial charge in [0.2, 0.25) is 0 Å². The predicted octanol–water partition coefficient (Wildman–Crippen LogP) is 3.26. The van der Waals surface area contributed by atoms with E-state index in [9.17, 15) is 5.11 Å². The van der Waals surface area contributed by atoms with Crippen molar-refractivity contribution in [2.75, 3.05) is 13.7 Å². The summed E-state index contributed by atoms with van der Waals surface area (Å²) in [6, 6.07) is 17.4. The van der Waals surface area contributed by atoms with E-state index in [1.807, 2.05) is 54.6 Å². The van der Waals surface area contributed by atoms with Crippen LogP contribution in [-0.2, 0) is 6.54 Å². The lowest BCUT2D eigenvalue weighted by atomic mass is 10.1. The molecule has 0 amide bonds. The summed E-state index contributed by atoms with van der Waals surface area (Å²) in [4.78, 5) is 0. The Hall–Kier alpha value is -2.30. The van der Waals surface area contributed by atoms with E-state index in [4.69, 9.17) is 9.15 Å². The lowest BCUT2D eigenvalue weighted by Crippen LogP contribution is -2.20. The molecule has 1 heterocycles. The van der Waals surface area contributed by atoms with E-state index in [1.54, 1.807) is 7.11 Å². The molecule has 0 saturated heterocycles. The minimum Gasteiger partial charge on any atom is -0.493 e. The molecule has 1 aromatic heterocycles. The predicted molar refractivity (Wildman–Crippen MR) is 85.9 cm³/mol. The van der Waals surface area contributed by atoms with Gasteiger partial charge in [0.1, 0.15) is 5.76 Å². The summed E-state index contributed by atoms with van der Waals surface area (Å²) in [5.41, 5.74) is 1.66. The lowest BCUT2D eigenvalue weighted by Gasteiger charge is -2.11. The van der Waals surface area contributed by atoms with Gasteiger partial charge >= 0.3 is 0 Å². The lowest BCUT2D eigenvalue weighted by molar-refractivity contribution is 0.173. The molecule has 4 nitrogen and oxygen atoms in total. The number of aliphatic hydroxyl groups excluding tert-OH is 1. The van der Waals surface area contributed by atoms with Crippen molar-refractivity contribution in [2.45, 2.75) is 12.6 Å². The fraction of sp³-hybridized carbons (Fsp3) is 0.222. The number of rotatable bonds is 6. The van der Waals surface area contributed by atoms with Crippen LogP contribution in [0.3, 0.4) is 0 Å². The minimum absolute atomic E-state index is 0.470. The number of nitrogens with one attached hydrogen (secondary N) is 1. The largest absolute Gasteiger partial charge is 0.493 e. The number of furan rings is 1. The van der Waals surface area contributed by atoms with Crippen molar-refractivity contribution in [1.82, 2.24) is 5.32 Å². The second-order valence-electron chi connectivity index (χ2n) is 5.15. The molecule has 0 aliphatic carbocycles. The molecule has 0 bridgehead atoms. The summed E-state index contributed by atoms with van der Waals surface area (Å²) in [5.74, 6) is 1.55. The average molecular weight is 297 g/mol. The van der Waals surface area contributed by atoms with Crippen LogP contribution in [-0.4, -0.2) is 18.8 Å². The first kappa shape index (κ1) is 14.6. The van der Waals surface area contributed by atoms with E-state index in [0.29, 0.717) is 13.1 Å². The van der Waals surface area contributed by atoms with E-state index >= 15 is 0 Å². The summed E-state index contributed by atoms with van der Waals surface area (Å²) in [6.45, 7) is 1.03. The average Bonchev–Trinajstić information content (AvgIpc) is 2.98. The van der Waals surface area contributed by atoms with Crippen LogP contribution in [0.1, 0.15) is 17.4 Å². The minimum atomic E-state index is -0.528. The highest BCUT2D eigenvalue weighted by molar-refractivity contribution is 5.83. The van der Waals surface area contributed by atoms with E-state index in [-0.39, 0.29) is 0 Å². The Bertz CT molecular complexity index is 736. The number of fused-ring (bicyclic) bond motifs is 1. The molecule has 0 radical (unpaired) electrons. The van der Waals surface area contributed by atoms with Gasteiger partial charge in [0, 0.05) is 11.9 Å². The van der Waals surface area contributed by atoms with Gasteiger partial charge in [-0.05, 0) is 17.7 Å². The molecule has 2 N–H and O–H groups in total. The van der Waals surface area contributed by atoms with Crippen molar-refractivity contribution in [3.05, 3.63) is 65.9 Å². The smallest absolute Gasteiger partial charge is 0.176 e. The van der Waals surface area contributed by atoms with Crippen molar-refractivity contribution < 1.29 is 14.3 Å². The molecular weight excluding hydrogens is 278 g/mol. The van der Waals surface area contributed by atoms with Gasteiger partial charge in [0.25, 0.3) is 0 Å². The maximum absolute atomic E-state index is 10.1. The molecule has 0 aliphatic rings. The first-order valence-corrected chi connectivity index (χ1v) is 7.27. The third kappa shape index (κ3) is 3.13. The van der Waals surface area contributed by atoms with Crippen LogP contribution in [0.2, 0.25) is 0 Å². The molecule has 1 atom stereocenters. The molecule has 3 rings (SSSR count). The van der Waals surface area contributed by atoms with Gasteiger partial charge in [0.05, 0.1) is 19.8 Å². The second-order valence-corrected chi connectivity index (χ2v) is 5.15. The Morgan fingerprint density at radius 2 is 1.95 bits per heavy atom. The molecule has 0 spiro atoms. The zero-order valence-corrected chi connectivity index (χ0v) is 12.5. The molecule has 114 valence electrons. The van der Waals surface area contributed by atoms with Crippen LogP contribution >= 0.6 is 0 Å². The Balaban J connectivity index is 1.62. The van der Waals surface area contributed by atoms with Crippen molar-refractivity contribution >= 4 is 11.0 Å². The number of hydrogen-bond donors (Lipinski definition) is 2. The topological polar surface area (TPSA) is 54.6 Å². The van der Waals surface area contributed by atoms with Gasteiger partial charge in [0.15, 0.2) is 11.3 Å². The van der Waals surface area contributed by atoms with Gasteiger partial charge in [-0.25, -0.2) is 0 Å². The number of aliphatic hydroxyl groups is 1. The van der Waals surface area contributed by atoms with Crippen LogP contribution in [0.25, 0.3) is 11.0 Å². The summed E-state index contributed by atoms with van der Waals surface area (Å²) in [6.07, 6.45) is -0.528.